The van der Waals surface area contributed by atoms with E-state index in [4.69, 9.17) is 13.3 Å². The van der Waals surface area contributed by atoms with Crippen molar-refractivity contribution < 1.29 is 13.3 Å². The highest BCUT2D eigenvalue weighted by Gasteiger charge is 2.23. The quantitative estimate of drug-likeness (QED) is 0.235. The second-order valence-electron chi connectivity index (χ2n) is 11.5. The molecule has 2 aliphatic carbocycles. The number of benzene rings is 4. The summed E-state index contributed by atoms with van der Waals surface area (Å²) in [4.78, 5) is 3.58. The summed E-state index contributed by atoms with van der Waals surface area (Å²) in [6.07, 6.45) is 8.79. The molecule has 0 amide bonds. The number of aromatic nitrogens is 1. The van der Waals surface area contributed by atoms with E-state index in [1.807, 2.05) is 0 Å². The summed E-state index contributed by atoms with van der Waals surface area (Å²) >= 11 is 0. The normalized spacial score (nSPS) is 15.6. The van der Waals surface area contributed by atoms with Gasteiger partial charge in [0.2, 0.25) is 0 Å². The van der Waals surface area contributed by atoms with Crippen LogP contribution < -0.4 is 0 Å². The molecule has 0 fully saturated rings. The fourth-order valence-corrected chi connectivity index (χ4v) is 7.31. The largest absolute Gasteiger partial charge is 0.461 e. The van der Waals surface area contributed by atoms with Crippen molar-refractivity contribution in [3.05, 3.63) is 94.9 Å². The fourth-order valence-electron chi connectivity index (χ4n) is 7.31. The minimum Gasteiger partial charge on any atom is -0.461 e. The van der Waals surface area contributed by atoms with Crippen LogP contribution in [0.4, 0.5) is 0 Å². The lowest BCUT2D eigenvalue weighted by atomic mass is 9.90. The van der Waals surface area contributed by atoms with Gasteiger partial charge in [-0.3, -0.25) is 0 Å². The summed E-state index contributed by atoms with van der Waals surface area (Å²) in [5, 5.41) is 7.11. The Balaban J connectivity index is 1.12. The van der Waals surface area contributed by atoms with Gasteiger partial charge in [0.05, 0.1) is 0 Å². The molecule has 0 saturated carbocycles. The first-order chi connectivity index (χ1) is 19.8. The first kappa shape index (κ1) is 21.2. The molecule has 10 rings (SSSR count). The molecule has 0 saturated heterocycles. The van der Waals surface area contributed by atoms with E-state index in [0.717, 1.165) is 81.0 Å². The number of allylic oxidation sites excluding steroid dienone is 1. The third-order valence-electron chi connectivity index (χ3n) is 9.29. The fraction of sp³-hybridized carbons (Fsp3) is 0.167. The molecule has 0 atom stereocenters. The molecule has 1 N–H and O–H groups in total. The average Bonchev–Trinajstić information content (AvgIpc) is 3.73. The number of rotatable bonds is 1. The monoisotopic (exact) mass is 519 g/mol. The molecule has 8 aromatic rings. The number of hydrogen-bond acceptors (Lipinski definition) is 3. The highest BCUT2D eigenvalue weighted by atomic mass is 16.3. The van der Waals surface area contributed by atoms with Gasteiger partial charge in [-0.05, 0) is 85.4 Å². The van der Waals surface area contributed by atoms with Crippen molar-refractivity contribution in [2.75, 3.05) is 0 Å². The molecule has 4 nitrogen and oxygen atoms in total. The van der Waals surface area contributed by atoms with Crippen molar-refractivity contribution in [3.8, 4) is 0 Å². The molecule has 4 aromatic carbocycles. The summed E-state index contributed by atoms with van der Waals surface area (Å²) < 4.78 is 19.1. The minimum absolute atomic E-state index is 0.898. The number of nitrogens with one attached hydrogen (secondary N) is 1. The van der Waals surface area contributed by atoms with Crippen molar-refractivity contribution in [2.45, 2.75) is 38.5 Å². The molecule has 4 heteroatoms. The van der Waals surface area contributed by atoms with Crippen LogP contribution in [0.25, 0.3) is 77.3 Å². The second-order valence-corrected chi connectivity index (χ2v) is 11.5. The Labute approximate surface area is 228 Å². The molecule has 0 radical (unpaired) electrons. The molecule has 0 bridgehead atoms. The van der Waals surface area contributed by atoms with Gasteiger partial charge in [-0.25, -0.2) is 0 Å². The van der Waals surface area contributed by atoms with Gasteiger partial charge < -0.3 is 18.2 Å². The maximum absolute atomic E-state index is 6.42. The van der Waals surface area contributed by atoms with E-state index in [9.17, 15) is 0 Å². The Morgan fingerprint density at radius 1 is 0.525 bits per heavy atom. The van der Waals surface area contributed by atoms with Crippen LogP contribution in [0.1, 0.15) is 47.5 Å². The average molecular weight is 520 g/mol. The van der Waals surface area contributed by atoms with Crippen LogP contribution in [0, 0.1) is 0 Å². The summed E-state index contributed by atoms with van der Waals surface area (Å²) in [6.45, 7) is 0. The summed E-state index contributed by atoms with van der Waals surface area (Å²) in [5.74, 6) is 2.25. The maximum Gasteiger partial charge on any atom is 0.136 e. The lowest BCUT2D eigenvalue weighted by Crippen LogP contribution is -1.98. The number of aryl methyl sites for hydroxylation is 3. The summed E-state index contributed by atoms with van der Waals surface area (Å²) in [5.41, 5.74) is 11.3. The zero-order valence-electron chi connectivity index (χ0n) is 21.9. The van der Waals surface area contributed by atoms with Gasteiger partial charge in [0.1, 0.15) is 33.9 Å². The third kappa shape index (κ3) is 2.80. The van der Waals surface area contributed by atoms with Gasteiger partial charge >= 0.3 is 0 Å². The van der Waals surface area contributed by atoms with Crippen molar-refractivity contribution in [3.63, 3.8) is 0 Å². The number of furan rings is 3. The highest BCUT2D eigenvalue weighted by Crippen LogP contribution is 2.42. The van der Waals surface area contributed by atoms with E-state index in [1.54, 1.807) is 0 Å². The zero-order chi connectivity index (χ0) is 25.9. The summed E-state index contributed by atoms with van der Waals surface area (Å²) in [7, 11) is 0. The lowest BCUT2D eigenvalue weighted by Gasteiger charge is -2.13. The van der Waals surface area contributed by atoms with Gasteiger partial charge in [0.25, 0.3) is 0 Å². The maximum atomic E-state index is 6.42. The highest BCUT2D eigenvalue weighted by molar-refractivity contribution is 6.16. The molecule has 2 aliphatic rings. The number of aromatic amines is 1. The molecule has 40 heavy (non-hydrogen) atoms. The predicted molar refractivity (Wildman–Crippen MR) is 162 cm³/mol. The first-order valence-electron chi connectivity index (χ1n) is 14.3. The van der Waals surface area contributed by atoms with E-state index in [-0.39, 0.29) is 0 Å². The topological polar surface area (TPSA) is 55.2 Å². The number of H-pyrrole nitrogens is 1. The predicted octanol–water partition coefficient (Wildman–Crippen LogP) is 10.1. The van der Waals surface area contributed by atoms with E-state index < -0.39 is 0 Å². The SMILES string of the molecule is C1=C(c2ccc3oc4cc5c(cc4c3c2)[nH]c2ccccc25)CCc2oc3cc4c5c(oc4cc3c21)CCCC5. The molecule has 4 heterocycles. The van der Waals surface area contributed by atoms with Gasteiger partial charge in [-0.1, -0.05) is 24.3 Å². The molecule has 192 valence electrons. The Morgan fingerprint density at radius 3 is 2.33 bits per heavy atom. The minimum atomic E-state index is 0.898. The van der Waals surface area contributed by atoms with E-state index in [2.05, 4.69) is 77.8 Å². The first-order valence-corrected chi connectivity index (χ1v) is 14.3. The standard InChI is InChI=1S/C36H25NO3/c1-3-7-29-21(5-1)23-16-34-26(15-30(23)37-29)24-13-19(9-11-32(24)39-34)20-10-12-33-25(14-20)28-18-35-27(17-36(28)40-33)22-6-2-4-8-31(22)38-35/h1,3,5,7,9,11,13-18,37H,2,4,6,8,10,12H2. The second kappa shape index (κ2) is 7.48. The van der Waals surface area contributed by atoms with Crippen LogP contribution in [0.15, 0.2) is 80.0 Å². The van der Waals surface area contributed by atoms with Gasteiger partial charge in [-0.2, -0.15) is 0 Å². The van der Waals surface area contributed by atoms with Crippen molar-refractivity contribution in [1.29, 1.82) is 0 Å². The Morgan fingerprint density at radius 2 is 1.32 bits per heavy atom. The van der Waals surface area contributed by atoms with Crippen molar-refractivity contribution in [1.82, 2.24) is 4.98 Å². The van der Waals surface area contributed by atoms with Crippen LogP contribution in [0.2, 0.25) is 0 Å². The van der Waals surface area contributed by atoms with Gasteiger partial charge in [0.15, 0.2) is 0 Å². The molecule has 4 aromatic heterocycles. The van der Waals surface area contributed by atoms with E-state index >= 15 is 0 Å². The Hall–Kier alpha value is -4.70. The molecule has 0 unspecified atom stereocenters. The number of hydrogen-bond donors (Lipinski definition) is 1. The van der Waals surface area contributed by atoms with Crippen LogP contribution in [-0.4, -0.2) is 4.98 Å². The molecular weight excluding hydrogens is 494 g/mol. The van der Waals surface area contributed by atoms with Crippen LogP contribution >= 0.6 is 0 Å². The number of para-hydroxylation sites is 1. The third-order valence-corrected chi connectivity index (χ3v) is 9.29. The molecular formula is C36H25NO3. The van der Waals surface area contributed by atoms with E-state index in [1.165, 1.54) is 57.0 Å². The Kier molecular flexibility index (Phi) is 3.96. The van der Waals surface area contributed by atoms with E-state index in [0.29, 0.717) is 0 Å². The zero-order valence-corrected chi connectivity index (χ0v) is 21.9. The Bertz CT molecular complexity index is 2390. The number of fused-ring (bicyclic) bond motifs is 12. The molecule has 0 spiro atoms. The van der Waals surface area contributed by atoms with Gasteiger partial charge in [-0.15, -0.1) is 0 Å². The van der Waals surface area contributed by atoms with Gasteiger partial charge in [0, 0.05) is 67.3 Å². The van der Waals surface area contributed by atoms with Crippen molar-refractivity contribution in [2.24, 2.45) is 0 Å². The lowest BCUT2D eigenvalue weighted by molar-refractivity contribution is 0.506. The smallest absolute Gasteiger partial charge is 0.136 e. The van der Waals surface area contributed by atoms with Crippen LogP contribution in [0.5, 0.6) is 0 Å². The van der Waals surface area contributed by atoms with Crippen LogP contribution in [-0.2, 0) is 19.3 Å². The molecule has 0 aliphatic heterocycles. The summed E-state index contributed by atoms with van der Waals surface area (Å²) in [6, 6.07) is 23.9. The van der Waals surface area contributed by atoms with Crippen molar-refractivity contribution >= 4 is 77.3 Å². The van der Waals surface area contributed by atoms with Crippen LogP contribution in [0.3, 0.4) is 0 Å².